The molecule has 1 fully saturated rings. The lowest BCUT2D eigenvalue weighted by atomic mass is 10.2. The van der Waals surface area contributed by atoms with Crippen LogP contribution < -0.4 is 4.90 Å². The third-order valence-electron chi connectivity index (χ3n) is 4.57. The van der Waals surface area contributed by atoms with Crippen molar-refractivity contribution in [2.75, 3.05) is 32.1 Å². The molecule has 1 aliphatic rings. The zero-order chi connectivity index (χ0) is 16.9. The van der Waals surface area contributed by atoms with Crippen molar-refractivity contribution in [1.82, 2.24) is 9.88 Å². The van der Waals surface area contributed by atoms with Gasteiger partial charge in [-0.05, 0) is 24.1 Å². The highest BCUT2D eigenvalue weighted by molar-refractivity contribution is 5.89. The van der Waals surface area contributed by atoms with Gasteiger partial charge in [0.1, 0.15) is 5.82 Å². The first kappa shape index (κ1) is 16.5. The van der Waals surface area contributed by atoms with Crippen LogP contribution in [0.15, 0.2) is 48.7 Å². The summed E-state index contributed by atoms with van der Waals surface area (Å²) in [5.41, 5.74) is 1.83. The molecule has 0 spiro atoms. The van der Waals surface area contributed by atoms with E-state index in [1.807, 2.05) is 12.1 Å². The number of nitrogens with zero attached hydrogens (tertiary/aromatic N) is 3. The average molecular weight is 325 g/mol. The van der Waals surface area contributed by atoms with Gasteiger partial charge in [-0.25, -0.2) is 9.78 Å². The van der Waals surface area contributed by atoms with Crippen LogP contribution in [0.2, 0.25) is 0 Å². The number of pyridine rings is 1. The molecule has 1 aliphatic heterocycles. The quantitative estimate of drug-likeness (QED) is 0.791. The molecule has 24 heavy (non-hydrogen) atoms. The van der Waals surface area contributed by atoms with Gasteiger partial charge in [-0.2, -0.15) is 0 Å². The van der Waals surface area contributed by atoms with E-state index in [1.165, 1.54) is 12.7 Å². The Balaban J connectivity index is 1.60. The van der Waals surface area contributed by atoms with Crippen LogP contribution >= 0.6 is 0 Å². The first-order chi connectivity index (χ1) is 11.7. The van der Waals surface area contributed by atoms with Crippen molar-refractivity contribution >= 4 is 11.8 Å². The Morgan fingerprint density at radius 1 is 1.29 bits per heavy atom. The van der Waals surface area contributed by atoms with Gasteiger partial charge in [0.05, 0.1) is 12.7 Å². The standard InChI is InChI=1S/C19H23N3O2/c1-21(18-9-8-16(12-20-18)19(23)24-2)17-10-11-22(14-17)13-15-6-4-3-5-7-15/h3-9,12,17H,10-11,13-14H2,1-2H3. The monoisotopic (exact) mass is 325 g/mol. The largest absolute Gasteiger partial charge is 0.465 e. The fourth-order valence-electron chi connectivity index (χ4n) is 3.13. The minimum atomic E-state index is -0.355. The number of likely N-dealkylation sites (tertiary alicyclic amines) is 1. The van der Waals surface area contributed by atoms with Gasteiger partial charge in [0.25, 0.3) is 0 Å². The molecule has 5 nitrogen and oxygen atoms in total. The van der Waals surface area contributed by atoms with Gasteiger partial charge in [0, 0.05) is 38.9 Å². The Bertz CT molecular complexity index is 673. The number of hydrogen-bond donors (Lipinski definition) is 0. The average Bonchev–Trinajstić information content (AvgIpc) is 3.10. The number of likely N-dealkylation sites (N-methyl/N-ethyl adjacent to an activating group) is 1. The summed E-state index contributed by atoms with van der Waals surface area (Å²) in [6.07, 6.45) is 2.69. The zero-order valence-electron chi connectivity index (χ0n) is 14.2. The van der Waals surface area contributed by atoms with Crippen LogP contribution in [-0.2, 0) is 11.3 Å². The second-order valence-electron chi connectivity index (χ2n) is 6.17. The maximum atomic E-state index is 11.5. The summed E-state index contributed by atoms with van der Waals surface area (Å²) in [5.74, 6) is 0.529. The molecule has 0 amide bonds. The lowest BCUT2D eigenvalue weighted by Gasteiger charge is -2.26. The van der Waals surface area contributed by atoms with E-state index in [-0.39, 0.29) is 5.97 Å². The number of aromatic nitrogens is 1. The molecule has 1 saturated heterocycles. The predicted molar refractivity (Wildman–Crippen MR) is 94.1 cm³/mol. The molecule has 0 bridgehead atoms. The van der Waals surface area contributed by atoms with Gasteiger partial charge in [-0.3, -0.25) is 4.90 Å². The Morgan fingerprint density at radius 2 is 2.08 bits per heavy atom. The van der Waals surface area contributed by atoms with Crippen LogP contribution in [0.1, 0.15) is 22.3 Å². The van der Waals surface area contributed by atoms with Crippen LogP contribution in [0, 0.1) is 0 Å². The normalized spacial score (nSPS) is 17.7. The van der Waals surface area contributed by atoms with E-state index in [1.54, 1.807) is 12.3 Å². The summed E-state index contributed by atoms with van der Waals surface area (Å²) in [6, 6.07) is 14.6. The third kappa shape index (κ3) is 3.74. The van der Waals surface area contributed by atoms with Crippen molar-refractivity contribution in [2.45, 2.75) is 19.0 Å². The van der Waals surface area contributed by atoms with Gasteiger partial charge >= 0.3 is 5.97 Å². The number of ether oxygens (including phenoxy) is 1. The van der Waals surface area contributed by atoms with Crippen molar-refractivity contribution in [3.8, 4) is 0 Å². The first-order valence-electron chi connectivity index (χ1n) is 8.21. The van der Waals surface area contributed by atoms with Crippen molar-refractivity contribution in [3.05, 3.63) is 59.8 Å². The Morgan fingerprint density at radius 3 is 2.75 bits per heavy atom. The molecule has 2 aromatic rings. The predicted octanol–water partition coefficient (Wildman–Crippen LogP) is 2.58. The Labute approximate surface area is 142 Å². The lowest BCUT2D eigenvalue weighted by molar-refractivity contribution is 0.0600. The fourth-order valence-corrected chi connectivity index (χ4v) is 3.13. The van der Waals surface area contributed by atoms with Gasteiger partial charge in [0.2, 0.25) is 0 Å². The maximum Gasteiger partial charge on any atom is 0.339 e. The highest BCUT2D eigenvalue weighted by atomic mass is 16.5. The molecule has 0 radical (unpaired) electrons. The van der Waals surface area contributed by atoms with E-state index in [0.29, 0.717) is 11.6 Å². The first-order valence-corrected chi connectivity index (χ1v) is 8.21. The summed E-state index contributed by atoms with van der Waals surface area (Å²) in [4.78, 5) is 20.6. The topological polar surface area (TPSA) is 45.7 Å². The molecule has 1 aromatic carbocycles. The molecular formula is C19H23N3O2. The molecule has 3 rings (SSSR count). The van der Waals surface area contributed by atoms with Crippen LogP contribution in [0.25, 0.3) is 0 Å². The zero-order valence-corrected chi connectivity index (χ0v) is 14.2. The summed E-state index contributed by atoms with van der Waals surface area (Å²) in [5, 5.41) is 0. The van der Waals surface area contributed by atoms with Gasteiger partial charge in [-0.1, -0.05) is 30.3 Å². The third-order valence-corrected chi connectivity index (χ3v) is 4.57. The van der Waals surface area contributed by atoms with Crippen molar-refractivity contribution in [2.24, 2.45) is 0 Å². The number of benzene rings is 1. The van der Waals surface area contributed by atoms with Crippen LogP contribution in [-0.4, -0.2) is 49.1 Å². The second-order valence-corrected chi connectivity index (χ2v) is 6.17. The number of carbonyl (C=O) groups excluding carboxylic acids is 1. The van der Waals surface area contributed by atoms with Crippen molar-refractivity contribution in [1.29, 1.82) is 0 Å². The van der Waals surface area contributed by atoms with E-state index in [4.69, 9.17) is 4.74 Å². The van der Waals surface area contributed by atoms with Gasteiger partial charge in [0.15, 0.2) is 0 Å². The van der Waals surface area contributed by atoms with E-state index in [2.05, 4.69) is 46.1 Å². The van der Waals surface area contributed by atoms with Crippen molar-refractivity contribution in [3.63, 3.8) is 0 Å². The number of anilines is 1. The summed E-state index contributed by atoms with van der Waals surface area (Å²) in [6.45, 7) is 3.09. The molecule has 1 aromatic heterocycles. The molecule has 0 saturated carbocycles. The molecule has 1 unspecified atom stereocenters. The van der Waals surface area contributed by atoms with Crippen LogP contribution in [0.5, 0.6) is 0 Å². The molecule has 126 valence electrons. The second kappa shape index (κ2) is 7.45. The van der Waals surface area contributed by atoms with E-state index >= 15 is 0 Å². The van der Waals surface area contributed by atoms with Crippen LogP contribution in [0.3, 0.4) is 0 Å². The van der Waals surface area contributed by atoms with Crippen molar-refractivity contribution < 1.29 is 9.53 Å². The Hall–Kier alpha value is -2.40. The summed E-state index contributed by atoms with van der Waals surface area (Å²) in [7, 11) is 3.44. The molecule has 0 aliphatic carbocycles. The SMILES string of the molecule is COC(=O)c1ccc(N(C)C2CCN(Cc3ccccc3)C2)nc1. The van der Waals surface area contributed by atoms with Gasteiger partial charge in [-0.15, -0.1) is 0 Å². The number of methoxy groups -OCH3 is 1. The number of rotatable bonds is 5. The smallest absolute Gasteiger partial charge is 0.339 e. The maximum absolute atomic E-state index is 11.5. The number of carbonyl (C=O) groups is 1. The fraction of sp³-hybridized carbons (Fsp3) is 0.368. The molecule has 5 heteroatoms. The van der Waals surface area contributed by atoms with E-state index < -0.39 is 0 Å². The molecular weight excluding hydrogens is 302 g/mol. The summed E-state index contributed by atoms with van der Waals surface area (Å²) < 4.78 is 4.71. The highest BCUT2D eigenvalue weighted by Gasteiger charge is 2.26. The van der Waals surface area contributed by atoms with Gasteiger partial charge < -0.3 is 9.64 Å². The van der Waals surface area contributed by atoms with Crippen LogP contribution in [0.4, 0.5) is 5.82 Å². The molecule has 1 atom stereocenters. The van der Waals surface area contributed by atoms with E-state index in [9.17, 15) is 4.79 Å². The minimum Gasteiger partial charge on any atom is -0.465 e. The molecule has 2 heterocycles. The van der Waals surface area contributed by atoms with E-state index in [0.717, 1.165) is 31.9 Å². The summed E-state index contributed by atoms with van der Waals surface area (Å²) >= 11 is 0. The lowest BCUT2D eigenvalue weighted by Crippen LogP contribution is -2.35. The Kier molecular flexibility index (Phi) is 5.11. The minimum absolute atomic E-state index is 0.355. The highest BCUT2D eigenvalue weighted by Crippen LogP contribution is 2.21. The number of hydrogen-bond acceptors (Lipinski definition) is 5. The molecule has 0 N–H and O–H groups in total. The number of esters is 1.